The molecule has 2 aliphatic heterocycles. The summed E-state index contributed by atoms with van der Waals surface area (Å²) >= 11 is 0. The molecule has 0 bridgehead atoms. The largest absolute Gasteiger partial charge is 0.391 e. The maximum atomic E-state index is 14.6. The van der Waals surface area contributed by atoms with Crippen LogP contribution < -0.4 is 20.4 Å². The van der Waals surface area contributed by atoms with Gasteiger partial charge in [0.2, 0.25) is 0 Å². The summed E-state index contributed by atoms with van der Waals surface area (Å²) < 4.78 is 86.9. The van der Waals surface area contributed by atoms with Crippen LogP contribution in [-0.4, -0.2) is 80.5 Å². The Morgan fingerprint density at radius 1 is 0.667 bits per heavy atom. The van der Waals surface area contributed by atoms with E-state index in [1.165, 1.54) is 24.3 Å². The minimum atomic E-state index is -2.89. The highest BCUT2D eigenvalue weighted by molar-refractivity contribution is 5.91. The van der Waals surface area contributed by atoms with E-state index in [4.69, 9.17) is 4.74 Å². The van der Waals surface area contributed by atoms with Gasteiger partial charge in [-0.2, -0.15) is 0 Å². The van der Waals surface area contributed by atoms with E-state index in [-0.39, 0.29) is 17.2 Å². The van der Waals surface area contributed by atoms with Crippen LogP contribution in [0, 0.1) is 25.5 Å². The zero-order chi connectivity index (χ0) is 42.7. The molecule has 6 heterocycles. The molecule has 60 heavy (non-hydrogen) atoms. The number of nitrogens with zero attached hydrogens (tertiary/aromatic N) is 8. The second-order valence-corrected chi connectivity index (χ2v) is 14.7. The van der Waals surface area contributed by atoms with Crippen LogP contribution in [0.3, 0.4) is 0 Å². The van der Waals surface area contributed by atoms with Crippen molar-refractivity contribution in [2.24, 2.45) is 0 Å². The summed E-state index contributed by atoms with van der Waals surface area (Å²) in [6.45, 7) is 10.8. The predicted molar refractivity (Wildman–Crippen MR) is 217 cm³/mol. The smallest absolute Gasteiger partial charge is 0.266 e. The van der Waals surface area contributed by atoms with Gasteiger partial charge in [0.15, 0.2) is 0 Å². The number of aryl methyl sites for hydroxylation is 2. The lowest BCUT2D eigenvalue weighted by Gasteiger charge is -2.28. The standard InChI is InChI=1S/2C21H22F3N5O/c1-12(14-4-3-5-15(19(14)22)20(23)24)26-21-16-10-18(29-6-8-30-9-7-29)25-11-17(16)27-13(2)28-21;1-11(14-4-3-5-15(19(14)22)20(23)24)26-21-16-8-18(29-7-6-13(30)10-29)25-9-17(16)27-12(2)28-21/h3-5,10-12,20H,6-9H2,1-2H3,(H,26,27,28);3-5,8-9,11,13,20,30H,6-7,10H2,1-2H3,(H,26,27,28)/t12-;11-,13-/m11/s1. The van der Waals surface area contributed by atoms with Crippen LogP contribution in [0.15, 0.2) is 60.9 Å². The number of rotatable bonds is 10. The Hall–Kier alpha value is -5.88. The summed E-state index contributed by atoms with van der Waals surface area (Å²) in [6.07, 6.45) is -2.16. The number of β-amino-alcohol motifs (C(OH)–C–C–N with tert-alkyl or cyclic N) is 1. The van der Waals surface area contributed by atoms with Gasteiger partial charge in [-0.05, 0) is 46.2 Å². The third-order valence-electron chi connectivity index (χ3n) is 10.4. The molecule has 2 aliphatic rings. The van der Waals surface area contributed by atoms with Crippen molar-refractivity contribution in [1.82, 2.24) is 29.9 Å². The first-order valence-corrected chi connectivity index (χ1v) is 19.5. The van der Waals surface area contributed by atoms with E-state index < -0.39 is 47.7 Å². The van der Waals surface area contributed by atoms with E-state index in [1.807, 2.05) is 17.0 Å². The fourth-order valence-electron chi connectivity index (χ4n) is 7.29. The van der Waals surface area contributed by atoms with E-state index >= 15 is 0 Å². The summed E-state index contributed by atoms with van der Waals surface area (Å²) in [5.41, 5.74) is 0.319. The van der Waals surface area contributed by atoms with Crippen LogP contribution in [0.5, 0.6) is 0 Å². The second kappa shape index (κ2) is 18.2. The minimum absolute atomic E-state index is 0.133. The summed E-state index contributed by atoms with van der Waals surface area (Å²) in [6, 6.07) is 10.5. The molecule has 2 aromatic carbocycles. The van der Waals surface area contributed by atoms with Crippen molar-refractivity contribution in [3.8, 4) is 0 Å². The second-order valence-electron chi connectivity index (χ2n) is 14.7. The number of aliphatic hydroxyl groups is 1. The van der Waals surface area contributed by atoms with Crippen molar-refractivity contribution in [3.63, 3.8) is 0 Å². The quantitative estimate of drug-likeness (QED) is 0.114. The zero-order valence-electron chi connectivity index (χ0n) is 33.3. The van der Waals surface area contributed by atoms with Crippen molar-refractivity contribution in [1.29, 1.82) is 0 Å². The molecular weight excluding hydrogens is 791 g/mol. The molecule has 0 amide bonds. The Bertz CT molecular complexity index is 2320. The van der Waals surface area contributed by atoms with Crippen LogP contribution in [0.4, 0.5) is 49.6 Å². The molecule has 2 saturated heterocycles. The van der Waals surface area contributed by atoms with Gasteiger partial charge in [-0.15, -0.1) is 0 Å². The van der Waals surface area contributed by atoms with Crippen LogP contribution in [0.1, 0.15) is 79.1 Å². The van der Waals surface area contributed by atoms with Gasteiger partial charge >= 0.3 is 0 Å². The average Bonchev–Trinajstić information content (AvgIpc) is 3.67. The van der Waals surface area contributed by atoms with Crippen molar-refractivity contribution >= 4 is 45.1 Å². The normalized spacial score (nSPS) is 16.6. The fraction of sp³-hybridized carbons (Fsp3) is 0.381. The van der Waals surface area contributed by atoms with Gasteiger partial charge in [0, 0.05) is 48.1 Å². The molecule has 6 aromatic rings. The molecule has 18 heteroatoms. The van der Waals surface area contributed by atoms with E-state index in [1.54, 1.807) is 40.1 Å². The molecule has 12 nitrogen and oxygen atoms in total. The molecule has 8 rings (SSSR count). The molecule has 4 aromatic heterocycles. The van der Waals surface area contributed by atoms with Crippen LogP contribution in [0.2, 0.25) is 0 Å². The topological polar surface area (TPSA) is 137 Å². The first-order valence-electron chi connectivity index (χ1n) is 19.5. The van der Waals surface area contributed by atoms with Crippen molar-refractivity contribution in [2.45, 2.75) is 65.2 Å². The van der Waals surface area contributed by atoms with E-state index in [0.717, 1.165) is 36.4 Å². The number of hydrogen-bond donors (Lipinski definition) is 3. The fourth-order valence-corrected chi connectivity index (χ4v) is 7.29. The summed E-state index contributed by atoms with van der Waals surface area (Å²) in [5, 5.41) is 17.5. The molecule has 0 aliphatic carbocycles. The zero-order valence-corrected chi connectivity index (χ0v) is 33.3. The molecule has 316 valence electrons. The van der Waals surface area contributed by atoms with Gasteiger partial charge in [-0.3, -0.25) is 0 Å². The molecule has 0 saturated carbocycles. The Labute approximate surface area is 342 Å². The predicted octanol–water partition coefficient (Wildman–Crippen LogP) is 8.57. The molecule has 0 spiro atoms. The number of nitrogens with one attached hydrogen (secondary N) is 2. The number of anilines is 4. The van der Waals surface area contributed by atoms with Crippen LogP contribution in [-0.2, 0) is 4.74 Å². The molecule has 0 unspecified atom stereocenters. The number of ether oxygens (including phenoxy) is 1. The number of aromatic nitrogens is 6. The highest BCUT2D eigenvalue weighted by Crippen LogP contribution is 2.33. The van der Waals surface area contributed by atoms with Gasteiger partial charge in [0.05, 0.1) is 66.0 Å². The van der Waals surface area contributed by atoms with Crippen molar-refractivity contribution in [2.75, 3.05) is 59.8 Å². The van der Waals surface area contributed by atoms with E-state index in [9.17, 15) is 31.4 Å². The number of alkyl halides is 4. The third-order valence-corrected chi connectivity index (χ3v) is 10.4. The molecular formula is C42H44F6N10O2. The highest BCUT2D eigenvalue weighted by atomic mass is 19.3. The van der Waals surface area contributed by atoms with Crippen LogP contribution in [0.25, 0.3) is 21.8 Å². The van der Waals surface area contributed by atoms with Gasteiger partial charge < -0.3 is 30.3 Å². The van der Waals surface area contributed by atoms with Gasteiger partial charge in [-0.25, -0.2) is 56.2 Å². The van der Waals surface area contributed by atoms with E-state index in [0.29, 0.717) is 78.2 Å². The minimum Gasteiger partial charge on any atom is -0.391 e. The number of pyridine rings is 2. The number of fused-ring (bicyclic) bond motifs is 2. The van der Waals surface area contributed by atoms with E-state index in [2.05, 4.69) is 45.4 Å². The Kier molecular flexibility index (Phi) is 12.8. The first-order chi connectivity index (χ1) is 28.8. The van der Waals surface area contributed by atoms with Gasteiger partial charge in [0.1, 0.15) is 46.6 Å². The van der Waals surface area contributed by atoms with Gasteiger partial charge in [-0.1, -0.05) is 36.4 Å². The number of aliphatic hydroxyl groups excluding tert-OH is 1. The average molecular weight is 835 g/mol. The number of halogens is 6. The number of benzene rings is 2. The summed E-state index contributed by atoms with van der Waals surface area (Å²) in [4.78, 5) is 30.8. The number of hydrogen-bond acceptors (Lipinski definition) is 12. The maximum Gasteiger partial charge on any atom is 0.266 e. The van der Waals surface area contributed by atoms with Crippen molar-refractivity contribution < 1.29 is 36.2 Å². The number of morpholine rings is 1. The molecule has 2 fully saturated rings. The lowest BCUT2D eigenvalue weighted by atomic mass is 10.0. The Morgan fingerprint density at radius 2 is 1.12 bits per heavy atom. The monoisotopic (exact) mass is 834 g/mol. The molecule has 3 atom stereocenters. The lowest BCUT2D eigenvalue weighted by Crippen LogP contribution is -2.36. The molecule has 3 N–H and O–H groups in total. The summed E-state index contributed by atoms with van der Waals surface area (Å²) in [7, 11) is 0. The lowest BCUT2D eigenvalue weighted by molar-refractivity contribution is 0.122. The first kappa shape index (κ1) is 42.3. The van der Waals surface area contributed by atoms with Crippen LogP contribution >= 0.6 is 0 Å². The SMILES string of the molecule is Cc1nc(N[C@H](C)c2cccc(C(F)F)c2F)c2cc(N3CCOCC3)ncc2n1.Cc1nc(N[C@H](C)c2cccc(C(F)F)c2F)c2cc(N3CC[C@@H](O)C3)ncc2n1. The Balaban J connectivity index is 0.000000181. The third kappa shape index (κ3) is 9.28. The Morgan fingerprint density at radius 3 is 1.55 bits per heavy atom. The van der Waals surface area contributed by atoms with Gasteiger partial charge in [0.25, 0.3) is 12.9 Å². The summed E-state index contributed by atoms with van der Waals surface area (Å²) in [5.74, 6) is 1.64. The highest BCUT2D eigenvalue weighted by Gasteiger charge is 2.25. The maximum absolute atomic E-state index is 14.6. The molecule has 0 radical (unpaired) electrons. The van der Waals surface area contributed by atoms with Crippen molar-refractivity contribution in [3.05, 3.63) is 106 Å².